The maximum absolute atomic E-state index is 11.9. The van der Waals surface area contributed by atoms with Gasteiger partial charge >= 0.3 is 0 Å². The van der Waals surface area contributed by atoms with Gasteiger partial charge in [-0.15, -0.1) is 0 Å². The first-order chi connectivity index (χ1) is 8.68. The summed E-state index contributed by atoms with van der Waals surface area (Å²) in [6, 6.07) is 5.91. The summed E-state index contributed by atoms with van der Waals surface area (Å²) in [6.07, 6.45) is 1.93. The van der Waals surface area contributed by atoms with Crippen LogP contribution in [0.15, 0.2) is 24.3 Å². The van der Waals surface area contributed by atoms with E-state index in [0.717, 1.165) is 12.8 Å². The van der Waals surface area contributed by atoms with Crippen LogP contribution in [0, 0.1) is 10.1 Å². The quantitative estimate of drug-likeness (QED) is 0.648. The van der Waals surface area contributed by atoms with Crippen molar-refractivity contribution >= 4 is 11.6 Å². The lowest BCUT2D eigenvalue weighted by Gasteiger charge is -2.10. The summed E-state index contributed by atoms with van der Waals surface area (Å²) in [7, 11) is 0. The van der Waals surface area contributed by atoms with Gasteiger partial charge in [-0.2, -0.15) is 0 Å². The minimum absolute atomic E-state index is 0.0247. The lowest BCUT2D eigenvalue weighted by molar-refractivity contribution is -0.385. The molecule has 96 valence electrons. The highest BCUT2D eigenvalue weighted by atomic mass is 16.6. The van der Waals surface area contributed by atoms with Crippen LogP contribution in [0.3, 0.4) is 0 Å². The van der Waals surface area contributed by atoms with Crippen molar-refractivity contribution in [2.45, 2.75) is 18.9 Å². The monoisotopic (exact) mass is 250 g/mol. The number of nitro groups is 1. The zero-order chi connectivity index (χ0) is 13.0. The van der Waals surface area contributed by atoms with Crippen LogP contribution < -0.4 is 5.32 Å². The normalized spacial score (nSPS) is 18.6. The minimum atomic E-state index is -0.555. The van der Waals surface area contributed by atoms with Crippen LogP contribution in [-0.4, -0.2) is 30.1 Å². The summed E-state index contributed by atoms with van der Waals surface area (Å²) in [6.45, 7) is 1.11. The topological polar surface area (TPSA) is 81.5 Å². The fraction of sp³-hybridized carbons (Fsp3) is 0.417. The average Bonchev–Trinajstić information content (AvgIpc) is 2.89. The average molecular weight is 250 g/mol. The molecule has 2 rings (SSSR count). The van der Waals surface area contributed by atoms with Crippen molar-refractivity contribution in [1.29, 1.82) is 0 Å². The molecule has 1 fully saturated rings. The molecule has 1 N–H and O–H groups in total. The van der Waals surface area contributed by atoms with Gasteiger partial charge in [0.1, 0.15) is 5.56 Å². The maximum atomic E-state index is 11.9. The Morgan fingerprint density at radius 3 is 2.94 bits per heavy atom. The van der Waals surface area contributed by atoms with E-state index < -0.39 is 10.8 Å². The number of carbonyl (C=O) groups excluding carboxylic acids is 1. The van der Waals surface area contributed by atoms with Crippen molar-refractivity contribution in [2.75, 3.05) is 13.2 Å². The lowest BCUT2D eigenvalue weighted by atomic mass is 10.1. The van der Waals surface area contributed by atoms with E-state index in [1.165, 1.54) is 18.2 Å². The lowest BCUT2D eigenvalue weighted by Crippen LogP contribution is -2.32. The van der Waals surface area contributed by atoms with Crippen molar-refractivity contribution in [3.63, 3.8) is 0 Å². The zero-order valence-electron chi connectivity index (χ0n) is 9.80. The molecule has 0 bridgehead atoms. The highest BCUT2D eigenvalue weighted by molar-refractivity contribution is 5.98. The molecule has 6 nitrogen and oxygen atoms in total. The number of carbonyl (C=O) groups is 1. The van der Waals surface area contributed by atoms with Gasteiger partial charge in [-0.25, -0.2) is 0 Å². The summed E-state index contributed by atoms with van der Waals surface area (Å²) in [4.78, 5) is 22.1. The Morgan fingerprint density at radius 1 is 1.50 bits per heavy atom. The number of amides is 1. The molecule has 6 heteroatoms. The van der Waals surface area contributed by atoms with Crippen molar-refractivity contribution < 1.29 is 14.5 Å². The Hall–Kier alpha value is -1.95. The third-order valence-electron chi connectivity index (χ3n) is 2.86. The van der Waals surface area contributed by atoms with E-state index in [1.54, 1.807) is 6.07 Å². The first kappa shape index (κ1) is 12.5. The maximum Gasteiger partial charge on any atom is 0.282 e. The van der Waals surface area contributed by atoms with E-state index in [4.69, 9.17) is 4.74 Å². The van der Waals surface area contributed by atoms with Crippen LogP contribution in [0.25, 0.3) is 0 Å². The minimum Gasteiger partial charge on any atom is -0.376 e. The molecule has 18 heavy (non-hydrogen) atoms. The van der Waals surface area contributed by atoms with Crippen molar-refractivity contribution in [3.05, 3.63) is 39.9 Å². The molecular weight excluding hydrogens is 236 g/mol. The number of nitrogens with one attached hydrogen (secondary N) is 1. The molecule has 1 unspecified atom stereocenters. The highest BCUT2D eigenvalue weighted by Gasteiger charge is 2.21. The summed E-state index contributed by atoms with van der Waals surface area (Å²) in [5.74, 6) is -0.433. The van der Waals surface area contributed by atoms with E-state index in [2.05, 4.69) is 5.32 Å². The van der Waals surface area contributed by atoms with Gasteiger partial charge in [0.05, 0.1) is 11.0 Å². The van der Waals surface area contributed by atoms with Crippen LogP contribution >= 0.6 is 0 Å². The van der Waals surface area contributed by atoms with Crippen molar-refractivity contribution in [1.82, 2.24) is 5.32 Å². The second-order valence-electron chi connectivity index (χ2n) is 4.12. The molecule has 1 aromatic carbocycles. The highest BCUT2D eigenvalue weighted by Crippen LogP contribution is 2.17. The van der Waals surface area contributed by atoms with Gasteiger partial charge in [0.2, 0.25) is 0 Å². The summed E-state index contributed by atoms with van der Waals surface area (Å²) >= 11 is 0. The molecule has 0 aromatic heterocycles. The summed E-state index contributed by atoms with van der Waals surface area (Å²) in [5.41, 5.74) is -0.0946. The third-order valence-corrected chi connectivity index (χ3v) is 2.86. The Labute approximate surface area is 104 Å². The first-order valence-electron chi connectivity index (χ1n) is 5.81. The molecule has 1 heterocycles. The molecule has 1 saturated heterocycles. The molecule has 0 spiro atoms. The molecule has 1 aliphatic heterocycles. The summed E-state index contributed by atoms with van der Waals surface area (Å²) in [5, 5.41) is 13.5. The van der Waals surface area contributed by atoms with Crippen LogP contribution in [0.1, 0.15) is 23.2 Å². The summed E-state index contributed by atoms with van der Waals surface area (Å²) < 4.78 is 5.37. The Bertz CT molecular complexity index is 455. The van der Waals surface area contributed by atoms with Crippen LogP contribution in [0.4, 0.5) is 5.69 Å². The third kappa shape index (κ3) is 2.84. The number of benzene rings is 1. The number of hydrogen-bond donors (Lipinski definition) is 1. The number of rotatable bonds is 4. The molecule has 0 radical (unpaired) electrons. The van der Waals surface area contributed by atoms with E-state index in [1.807, 2.05) is 0 Å². The Morgan fingerprint density at radius 2 is 2.28 bits per heavy atom. The molecule has 1 aliphatic rings. The molecular formula is C12H14N2O4. The second-order valence-corrected chi connectivity index (χ2v) is 4.12. The Balaban J connectivity index is 2.01. The number of nitro benzene ring substituents is 1. The number of nitrogens with zero attached hydrogens (tertiary/aromatic N) is 1. The van der Waals surface area contributed by atoms with E-state index >= 15 is 0 Å². The molecule has 0 aliphatic carbocycles. The van der Waals surface area contributed by atoms with Gasteiger partial charge in [0.25, 0.3) is 11.6 Å². The first-order valence-corrected chi connectivity index (χ1v) is 5.81. The fourth-order valence-corrected chi connectivity index (χ4v) is 1.93. The van der Waals surface area contributed by atoms with Crippen molar-refractivity contribution in [2.24, 2.45) is 0 Å². The number of para-hydroxylation sites is 1. The van der Waals surface area contributed by atoms with Gasteiger partial charge in [-0.05, 0) is 18.9 Å². The van der Waals surface area contributed by atoms with Gasteiger partial charge in [-0.1, -0.05) is 12.1 Å². The van der Waals surface area contributed by atoms with Gasteiger partial charge < -0.3 is 10.1 Å². The molecule has 1 amide bonds. The van der Waals surface area contributed by atoms with Gasteiger partial charge in [0.15, 0.2) is 0 Å². The van der Waals surface area contributed by atoms with Crippen LogP contribution in [0.5, 0.6) is 0 Å². The number of ether oxygens (including phenoxy) is 1. The van der Waals surface area contributed by atoms with Gasteiger partial charge in [-0.3, -0.25) is 14.9 Å². The van der Waals surface area contributed by atoms with Crippen LogP contribution in [-0.2, 0) is 4.74 Å². The van der Waals surface area contributed by atoms with E-state index in [9.17, 15) is 14.9 Å². The molecule has 1 aromatic rings. The predicted octanol–water partition coefficient (Wildman–Crippen LogP) is 1.50. The standard InChI is InChI=1S/C12H14N2O4/c15-12(13-8-9-4-3-7-18-9)10-5-1-2-6-11(10)14(16)17/h1-2,5-6,9H,3-4,7-8H2,(H,13,15). The second kappa shape index (κ2) is 5.59. The Kier molecular flexibility index (Phi) is 3.88. The molecule has 1 atom stereocenters. The zero-order valence-corrected chi connectivity index (χ0v) is 9.80. The smallest absolute Gasteiger partial charge is 0.282 e. The van der Waals surface area contributed by atoms with E-state index in [0.29, 0.717) is 13.2 Å². The fourth-order valence-electron chi connectivity index (χ4n) is 1.93. The number of hydrogen-bond acceptors (Lipinski definition) is 4. The van der Waals surface area contributed by atoms with Crippen LogP contribution in [0.2, 0.25) is 0 Å². The van der Waals surface area contributed by atoms with Crippen molar-refractivity contribution in [3.8, 4) is 0 Å². The van der Waals surface area contributed by atoms with E-state index in [-0.39, 0.29) is 17.4 Å². The largest absolute Gasteiger partial charge is 0.376 e. The SMILES string of the molecule is O=C(NCC1CCCO1)c1ccccc1[N+](=O)[O-]. The predicted molar refractivity (Wildman–Crippen MR) is 64.4 cm³/mol. The van der Waals surface area contributed by atoms with Gasteiger partial charge in [0, 0.05) is 19.2 Å². The molecule has 0 saturated carbocycles.